The summed E-state index contributed by atoms with van der Waals surface area (Å²) in [5, 5.41) is 20.8. The van der Waals surface area contributed by atoms with Crippen LogP contribution in [0, 0.1) is 28.7 Å². The number of ether oxygens (including phenoxy) is 1. The number of methoxy groups -OCH3 is 1. The number of benzene rings is 2. The second-order valence-electron chi connectivity index (χ2n) is 9.57. The van der Waals surface area contributed by atoms with Gasteiger partial charge in [-0.25, -0.2) is 23.0 Å². The molecule has 1 fully saturated rings. The lowest BCUT2D eigenvalue weighted by molar-refractivity contribution is -0.143. The molecule has 0 aliphatic carbocycles. The Morgan fingerprint density at radius 3 is 2.49 bits per heavy atom. The molecule has 1 atom stereocenters. The minimum atomic E-state index is -1.24. The summed E-state index contributed by atoms with van der Waals surface area (Å²) >= 11 is 0.943. The van der Waals surface area contributed by atoms with Crippen molar-refractivity contribution in [3.05, 3.63) is 65.4 Å². The van der Waals surface area contributed by atoms with Gasteiger partial charge in [-0.3, -0.25) is 15.0 Å². The van der Waals surface area contributed by atoms with Crippen molar-refractivity contribution in [2.75, 3.05) is 32.5 Å². The van der Waals surface area contributed by atoms with Gasteiger partial charge in [-0.1, -0.05) is 0 Å². The van der Waals surface area contributed by atoms with E-state index in [1.165, 1.54) is 7.11 Å². The highest BCUT2D eigenvalue weighted by molar-refractivity contribution is 7.99. The van der Waals surface area contributed by atoms with Gasteiger partial charge in [-0.15, -0.1) is 11.8 Å². The molecular formula is C27H29F4N3O4S. The molecule has 39 heavy (non-hydrogen) atoms. The molecule has 2 heterocycles. The fourth-order valence-electron chi connectivity index (χ4n) is 5.05. The third-order valence-electron chi connectivity index (χ3n) is 7.31. The zero-order chi connectivity index (χ0) is 28.2. The van der Waals surface area contributed by atoms with Crippen molar-refractivity contribution in [1.29, 1.82) is 0 Å². The van der Waals surface area contributed by atoms with Crippen molar-refractivity contribution in [1.82, 2.24) is 15.4 Å². The number of hydrogen-bond donors (Lipinski definition) is 3. The van der Waals surface area contributed by atoms with E-state index in [1.807, 2.05) is 4.90 Å². The zero-order valence-electron chi connectivity index (χ0n) is 21.2. The van der Waals surface area contributed by atoms with E-state index in [9.17, 15) is 32.7 Å². The Morgan fingerprint density at radius 2 is 1.85 bits per heavy atom. The summed E-state index contributed by atoms with van der Waals surface area (Å²) in [5.41, 5.74) is 1.29. The number of halogens is 4. The maximum Gasteiger partial charge on any atom is 0.249 e. The Bertz CT molecular complexity index is 1310. The van der Waals surface area contributed by atoms with E-state index in [0.717, 1.165) is 18.0 Å². The van der Waals surface area contributed by atoms with Crippen LogP contribution in [0.4, 0.5) is 17.6 Å². The predicted octanol–water partition coefficient (Wildman–Crippen LogP) is 4.99. The zero-order valence-corrected chi connectivity index (χ0v) is 22.0. The molecule has 0 radical (unpaired) electrons. The standard InChI is InChI=1S/C27H29F4N3O4S/c1-38-17-2-3-22-18(14-17)24(21(31)15-32-22)23(35)4-5-27(26(36)33-37)6-8-34(9-7-27)10-11-39-25-19(29)12-16(28)13-20(25)30/h2-3,12-15,23,35,37H,4-11H2,1H3,(H,33,36)/t23-/m1/s1. The first kappa shape index (κ1) is 29.1. The quantitative estimate of drug-likeness (QED) is 0.138. The first-order valence-corrected chi connectivity index (χ1v) is 13.4. The molecule has 0 saturated carbocycles. The number of aliphatic hydroxyl groups excluding tert-OH is 1. The summed E-state index contributed by atoms with van der Waals surface area (Å²) in [6, 6.07) is 6.22. The molecule has 3 N–H and O–H groups in total. The van der Waals surface area contributed by atoms with E-state index in [1.54, 1.807) is 23.7 Å². The molecule has 12 heteroatoms. The van der Waals surface area contributed by atoms with Crippen LogP contribution in [0.5, 0.6) is 5.75 Å². The molecular weight excluding hydrogens is 538 g/mol. The normalized spacial score (nSPS) is 16.3. The number of carbonyl (C=O) groups excluding carboxylic acids is 1. The summed E-state index contributed by atoms with van der Waals surface area (Å²) in [5.74, 6) is -3.32. The fraction of sp³-hybridized carbons (Fsp3) is 0.407. The minimum Gasteiger partial charge on any atom is -0.497 e. The maximum absolute atomic E-state index is 14.8. The lowest BCUT2D eigenvalue weighted by atomic mass is 9.73. The summed E-state index contributed by atoms with van der Waals surface area (Å²) in [6.07, 6.45) is 0.749. The molecule has 210 valence electrons. The monoisotopic (exact) mass is 567 g/mol. The molecule has 0 unspecified atom stereocenters. The van der Waals surface area contributed by atoms with Crippen LogP contribution in [0.15, 0.2) is 41.4 Å². The van der Waals surface area contributed by atoms with Gasteiger partial charge in [0, 0.05) is 35.4 Å². The molecule has 1 aliphatic heterocycles. The van der Waals surface area contributed by atoms with E-state index in [0.29, 0.717) is 67.0 Å². The molecule has 1 aromatic heterocycles. The smallest absolute Gasteiger partial charge is 0.249 e. The Hall–Kier alpha value is -2.93. The van der Waals surface area contributed by atoms with Gasteiger partial charge in [0.05, 0.1) is 35.2 Å². The van der Waals surface area contributed by atoms with Crippen molar-refractivity contribution in [3.63, 3.8) is 0 Å². The Labute approximate surface area is 227 Å². The number of likely N-dealkylation sites (tertiary alicyclic amines) is 1. The van der Waals surface area contributed by atoms with Gasteiger partial charge in [-0.05, 0) is 57.0 Å². The predicted molar refractivity (Wildman–Crippen MR) is 138 cm³/mol. The summed E-state index contributed by atoms with van der Waals surface area (Å²) in [4.78, 5) is 18.6. The number of aromatic nitrogens is 1. The van der Waals surface area contributed by atoms with Crippen LogP contribution in [0.3, 0.4) is 0 Å². The number of pyridine rings is 1. The largest absolute Gasteiger partial charge is 0.497 e. The van der Waals surface area contributed by atoms with Crippen LogP contribution in [-0.2, 0) is 4.79 Å². The highest BCUT2D eigenvalue weighted by Crippen LogP contribution is 2.40. The van der Waals surface area contributed by atoms with Gasteiger partial charge in [0.25, 0.3) is 0 Å². The Balaban J connectivity index is 1.40. The number of nitrogens with one attached hydrogen (secondary N) is 1. The molecule has 1 aliphatic rings. The van der Waals surface area contributed by atoms with E-state index in [4.69, 9.17) is 4.74 Å². The average Bonchev–Trinajstić information content (AvgIpc) is 2.93. The Morgan fingerprint density at radius 1 is 1.15 bits per heavy atom. The maximum atomic E-state index is 14.8. The van der Waals surface area contributed by atoms with Gasteiger partial charge < -0.3 is 14.7 Å². The number of amides is 1. The van der Waals surface area contributed by atoms with Gasteiger partial charge in [-0.2, -0.15) is 0 Å². The van der Waals surface area contributed by atoms with Crippen LogP contribution >= 0.6 is 11.8 Å². The van der Waals surface area contributed by atoms with Crippen LogP contribution in [0.25, 0.3) is 10.9 Å². The summed E-state index contributed by atoms with van der Waals surface area (Å²) < 4.78 is 60.9. The van der Waals surface area contributed by atoms with Crippen molar-refractivity contribution in [2.24, 2.45) is 5.41 Å². The van der Waals surface area contributed by atoms with E-state index in [2.05, 4.69) is 4.98 Å². The molecule has 0 spiro atoms. The SMILES string of the molecule is COc1ccc2ncc(F)c([C@H](O)CCC3(C(=O)NO)CCN(CCSc4c(F)cc(F)cc4F)CC3)c2c1. The fourth-order valence-corrected chi connectivity index (χ4v) is 6.00. The second-order valence-corrected chi connectivity index (χ2v) is 10.7. The van der Waals surface area contributed by atoms with Crippen LogP contribution in [-0.4, -0.2) is 58.6 Å². The van der Waals surface area contributed by atoms with Gasteiger partial charge in [0.1, 0.15) is 29.0 Å². The third kappa shape index (κ3) is 6.46. The molecule has 1 saturated heterocycles. The Kier molecular flexibility index (Phi) is 9.31. The number of nitrogens with zero attached hydrogens (tertiary/aromatic N) is 2. The van der Waals surface area contributed by atoms with E-state index < -0.39 is 40.7 Å². The summed E-state index contributed by atoms with van der Waals surface area (Å²) in [7, 11) is 1.48. The van der Waals surface area contributed by atoms with Crippen molar-refractivity contribution in [2.45, 2.75) is 36.7 Å². The highest BCUT2D eigenvalue weighted by Gasteiger charge is 2.41. The molecule has 1 amide bonds. The van der Waals surface area contributed by atoms with Gasteiger partial charge in [0.15, 0.2) is 0 Å². The van der Waals surface area contributed by atoms with Gasteiger partial charge >= 0.3 is 0 Å². The van der Waals surface area contributed by atoms with E-state index in [-0.39, 0.29) is 23.3 Å². The second kappa shape index (κ2) is 12.5. The lowest BCUT2D eigenvalue weighted by Gasteiger charge is -2.40. The number of carbonyl (C=O) groups is 1. The van der Waals surface area contributed by atoms with Crippen LogP contribution in [0.1, 0.15) is 37.4 Å². The van der Waals surface area contributed by atoms with Crippen molar-refractivity contribution in [3.8, 4) is 5.75 Å². The number of hydroxylamine groups is 1. The molecule has 7 nitrogen and oxygen atoms in total. The molecule has 2 aromatic carbocycles. The molecule has 0 bridgehead atoms. The molecule has 4 rings (SSSR count). The van der Waals surface area contributed by atoms with Gasteiger partial charge in [0.2, 0.25) is 5.91 Å². The average molecular weight is 568 g/mol. The first-order valence-electron chi connectivity index (χ1n) is 12.4. The lowest BCUT2D eigenvalue weighted by Crippen LogP contribution is -2.48. The minimum absolute atomic E-state index is 0.0552. The number of aliphatic hydroxyl groups is 1. The number of piperidine rings is 1. The number of hydrogen-bond acceptors (Lipinski definition) is 7. The van der Waals surface area contributed by atoms with Crippen LogP contribution < -0.4 is 10.2 Å². The van der Waals surface area contributed by atoms with Crippen LogP contribution in [0.2, 0.25) is 0 Å². The first-order chi connectivity index (χ1) is 18.7. The number of rotatable bonds is 10. The van der Waals surface area contributed by atoms with Crippen molar-refractivity contribution >= 4 is 28.6 Å². The molecule has 3 aromatic rings. The summed E-state index contributed by atoms with van der Waals surface area (Å²) in [6.45, 7) is 1.39. The third-order valence-corrected chi connectivity index (χ3v) is 8.38. The van der Waals surface area contributed by atoms with E-state index >= 15 is 0 Å². The van der Waals surface area contributed by atoms with Crippen molar-refractivity contribution < 1.29 is 37.4 Å². The number of fused-ring (bicyclic) bond motifs is 1. The topological polar surface area (TPSA) is 94.9 Å². The highest BCUT2D eigenvalue weighted by atomic mass is 32.2. The number of thioether (sulfide) groups is 1.